The van der Waals surface area contributed by atoms with Crippen molar-refractivity contribution in [3.63, 3.8) is 0 Å². The average Bonchev–Trinajstić information content (AvgIpc) is 3.29. The van der Waals surface area contributed by atoms with Crippen LogP contribution in [0.25, 0.3) is 0 Å². The van der Waals surface area contributed by atoms with E-state index in [9.17, 15) is 19.5 Å². The number of carbonyl (C=O) groups excluding carboxylic acids is 3. The van der Waals surface area contributed by atoms with Crippen LogP contribution in [0.15, 0.2) is 97.2 Å². The molecule has 382 valence electrons. The van der Waals surface area contributed by atoms with Gasteiger partial charge in [-0.25, -0.2) is 0 Å². The highest BCUT2D eigenvalue weighted by atomic mass is 16.7. The van der Waals surface area contributed by atoms with Crippen LogP contribution in [0.4, 0.5) is 0 Å². The van der Waals surface area contributed by atoms with E-state index in [0.29, 0.717) is 17.4 Å². The van der Waals surface area contributed by atoms with Gasteiger partial charge in [-0.1, -0.05) is 201 Å². The molecular weight excluding hydrogens is 839 g/mol. The van der Waals surface area contributed by atoms with E-state index in [4.69, 9.17) is 18.9 Å². The van der Waals surface area contributed by atoms with Gasteiger partial charge in [0.2, 0.25) is 0 Å². The third-order valence-corrected chi connectivity index (χ3v) is 10.8. The number of allylic oxidation sites excluding steroid dienone is 16. The van der Waals surface area contributed by atoms with Crippen molar-refractivity contribution in [1.82, 2.24) is 0 Å². The van der Waals surface area contributed by atoms with Gasteiger partial charge in [0.05, 0.1) is 40.3 Å². The number of hydrogen-bond acceptors (Lipinski definition) is 8. The molecular formula is C58H97NO8. The van der Waals surface area contributed by atoms with Crippen molar-refractivity contribution in [1.29, 1.82) is 0 Å². The molecule has 0 fully saturated rings. The first kappa shape index (κ1) is 63.2. The molecule has 2 unspecified atom stereocenters. The molecule has 0 saturated heterocycles. The molecule has 0 spiro atoms. The molecule has 0 amide bonds. The van der Waals surface area contributed by atoms with Crippen LogP contribution in [0, 0.1) is 0 Å². The zero-order valence-corrected chi connectivity index (χ0v) is 43.2. The molecule has 0 aliphatic rings. The van der Waals surface area contributed by atoms with E-state index in [-0.39, 0.29) is 38.6 Å². The SMILES string of the molecule is CC/C=C\C/C=C\C/C=C\C/C=C\C/C=C\C/C=C\C/C=C\C/C=C\CCCCCCCCC(=O)OC(COC(=O)CCCCCCCCCCCCC)COC(OCC[N+](C)(C)C)C(=O)[O-]. The van der Waals surface area contributed by atoms with Gasteiger partial charge in [0.25, 0.3) is 0 Å². The van der Waals surface area contributed by atoms with Crippen molar-refractivity contribution < 1.29 is 42.9 Å². The van der Waals surface area contributed by atoms with Gasteiger partial charge in [-0.15, -0.1) is 0 Å². The van der Waals surface area contributed by atoms with Gasteiger partial charge in [0.15, 0.2) is 12.4 Å². The Morgan fingerprint density at radius 2 is 0.851 bits per heavy atom. The zero-order chi connectivity index (χ0) is 49.2. The van der Waals surface area contributed by atoms with Gasteiger partial charge < -0.3 is 33.3 Å². The number of ether oxygens (including phenoxy) is 4. The van der Waals surface area contributed by atoms with E-state index in [0.717, 1.165) is 109 Å². The van der Waals surface area contributed by atoms with Crippen LogP contribution in [0.3, 0.4) is 0 Å². The van der Waals surface area contributed by atoms with Gasteiger partial charge in [-0.3, -0.25) is 9.59 Å². The quantitative estimate of drug-likeness (QED) is 0.0195. The van der Waals surface area contributed by atoms with E-state index < -0.39 is 24.3 Å². The lowest BCUT2D eigenvalue weighted by Gasteiger charge is -2.26. The average molecular weight is 936 g/mol. The van der Waals surface area contributed by atoms with Gasteiger partial charge in [0, 0.05) is 12.8 Å². The first-order valence-corrected chi connectivity index (χ1v) is 26.4. The standard InChI is InChI=1S/C58H97NO8/c1-6-8-10-12-14-16-18-19-20-21-22-23-24-25-26-27-28-29-30-31-32-33-34-35-36-37-39-41-43-45-47-49-56(61)67-54(53-66-58(57(62)63)64-51-50-59(3,4)5)52-65-55(60)48-46-44-42-40-38-17-15-13-11-9-7-2/h8,10,14,16,19-20,22-23,25-26,28-29,31-32,34-35,54,58H,6-7,9,11-13,15,17-18,21,24,27,30,33,36-53H2,1-5H3/b10-8-,16-14-,20-19-,23-22-,26-25-,29-28-,32-31-,35-34-. The number of aliphatic carboxylic acids is 1. The summed E-state index contributed by atoms with van der Waals surface area (Å²) in [6, 6.07) is 0. The number of carboxylic acids is 1. The fourth-order valence-electron chi connectivity index (χ4n) is 6.79. The summed E-state index contributed by atoms with van der Waals surface area (Å²) in [5, 5.41) is 11.7. The Labute approximate surface area is 410 Å². The predicted molar refractivity (Wildman–Crippen MR) is 278 cm³/mol. The first-order chi connectivity index (χ1) is 32.6. The lowest BCUT2D eigenvalue weighted by molar-refractivity contribution is -0.870. The summed E-state index contributed by atoms with van der Waals surface area (Å²) in [5.41, 5.74) is 0. The second-order valence-electron chi connectivity index (χ2n) is 18.4. The van der Waals surface area contributed by atoms with Crippen LogP contribution < -0.4 is 5.11 Å². The molecule has 0 radical (unpaired) electrons. The molecule has 0 aliphatic carbocycles. The highest BCUT2D eigenvalue weighted by molar-refractivity contribution is 5.70. The van der Waals surface area contributed by atoms with E-state index in [2.05, 4.69) is 111 Å². The van der Waals surface area contributed by atoms with Gasteiger partial charge in [-0.2, -0.15) is 0 Å². The first-order valence-electron chi connectivity index (χ1n) is 26.4. The Bertz CT molecular complexity index is 1420. The molecule has 0 saturated carbocycles. The number of unbranched alkanes of at least 4 members (excludes halogenated alkanes) is 16. The number of likely N-dealkylation sites (N-methyl/N-ethyl adjacent to an activating group) is 1. The second-order valence-corrected chi connectivity index (χ2v) is 18.4. The van der Waals surface area contributed by atoms with Gasteiger partial charge in [0.1, 0.15) is 13.2 Å². The molecule has 67 heavy (non-hydrogen) atoms. The van der Waals surface area contributed by atoms with Crippen LogP contribution >= 0.6 is 0 Å². The lowest BCUT2D eigenvalue weighted by atomic mass is 10.1. The van der Waals surface area contributed by atoms with E-state index >= 15 is 0 Å². The van der Waals surface area contributed by atoms with Crippen LogP contribution in [-0.2, 0) is 33.3 Å². The molecule has 0 aliphatic heterocycles. The molecule has 0 heterocycles. The molecule has 0 aromatic carbocycles. The van der Waals surface area contributed by atoms with Crippen molar-refractivity contribution in [2.45, 2.75) is 206 Å². The Morgan fingerprint density at radius 3 is 1.27 bits per heavy atom. The summed E-state index contributed by atoms with van der Waals surface area (Å²) in [6.45, 7) is 4.58. The van der Waals surface area contributed by atoms with E-state index in [1.165, 1.54) is 51.4 Å². The Morgan fingerprint density at radius 1 is 0.463 bits per heavy atom. The molecule has 9 nitrogen and oxygen atoms in total. The Balaban J connectivity index is 4.28. The molecule has 0 aromatic heterocycles. The summed E-state index contributed by atoms with van der Waals surface area (Å²) >= 11 is 0. The number of quaternary nitrogens is 1. The van der Waals surface area contributed by atoms with Crippen molar-refractivity contribution in [3.8, 4) is 0 Å². The molecule has 9 heteroatoms. The third-order valence-electron chi connectivity index (χ3n) is 10.8. The second kappa shape index (κ2) is 48.7. The number of carboxylic acid groups (broad SMARTS) is 1. The number of hydrogen-bond donors (Lipinski definition) is 0. The monoisotopic (exact) mass is 936 g/mol. The molecule has 0 rings (SSSR count). The number of carbonyl (C=O) groups is 3. The van der Waals surface area contributed by atoms with Gasteiger partial charge in [-0.05, 0) is 77.0 Å². The molecule has 2 atom stereocenters. The summed E-state index contributed by atoms with van der Waals surface area (Å²) in [6.07, 6.45) is 61.6. The van der Waals surface area contributed by atoms with Crippen LogP contribution in [0.5, 0.6) is 0 Å². The Kier molecular flexibility index (Phi) is 45.9. The maximum absolute atomic E-state index is 12.8. The minimum absolute atomic E-state index is 0.141. The maximum Gasteiger partial charge on any atom is 0.306 e. The topological polar surface area (TPSA) is 111 Å². The highest BCUT2D eigenvalue weighted by Crippen LogP contribution is 2.14. The smallest absolute Gasteiger partial charge is 0.306 e. The summed E-state index contributed by atoms with van der Waals surface area (Å²) in [4.78, 5) is 37.1. The molecule has 0 N–H and O–H groups in total. The van der Waals surface area contributed by atoms with Gasteiger partial charge >= 0.3 is 11.9 Å². The fraction of sp³-hybridized carbons (Fsp3) is 0.672. The summed E-state index contributed by atoms with van der Waals surface area (Å²) < 4.78 is 22.6. The lowest BCUT2D eigenvalue weighted by Crippen LogP contribution is -2.44. The van der Waals surface area contributed by atoms with Crippen LogP contribution in [0.1, 0.15) is 194 Å². The number of esters is 2. The van der Waals surface area contributed by atoms with Crippen molar-refractivity contribution >= 4 is 17.9 Å². The maximum atomic E-state index is 12.8. The van der Waals surface area contributed by atoms with Crippen LogP contribution in [0.2, 0.25) is 0 Å². The summed E-state index contributed by atoms with van der Waals surface area (Å²) in [7, 11) is 5.90. The van der Waals surface area contributed by atoms with Crippen molar-refractivity contribution in [2.75, 3.05) is 47.5 Å². The fourth-order valence-corrected chi connectivity index (χ4v) is 6.79. The Hall–Kier alpha value is -3.79. The minimum Gasteiger partial charge on any atom is -0.545 e. The third kappa shape index (κ3) is 49.9. The minimum atomic E-state index is -1.63. The normalized spacial score (nSPS) is 13.6. The van der Waals surface area contributed by atoms with Crippen molar-refractivity contribution in [2.24, 2.45) is 0 Å². The van der Waals surface area contributed by atoms with E-state index in [1.807, 2.05) is 21.1 Å². The largest absolute Gasteiger partial charge is 0.545 e. The molecule has 0 aromatic rings. The van der Waals surface area contributed by atoms with E-state index in [1.54, 1.807) is 0 Å². The van der Waals surface area contributed by atoms with Crippen molar-refractivity contribution in [3.05, 3.63) is 97.2 Å². The zero-order valence-electron chi connectivity index (χ0n) is 43.2. The number of rotatable bonds is 47. The van der Waals surface area contributed by atoms with Crippen LogP contribution in [-0.4, -0.2) is 82.3 Å². The predicted octanol–water partition coefficient (Wildman–Crippen LogP) is 13.7. The summed E-state index contributed by atoms with van der Waals surface area (Å²) in [5.74, 6) is -2.31. The highest BCUT2D eigenvalue weighted by Gasteiger charge is 2.21. The molecule has 0 bridgehead atoms. The number of nitrogens with zero attached hydrogens (tertiary/aromatic N) is 1.